The molecule has 0 amide bonds. The summed E-state index contributed by atoms with van der Waals surface area (Å²) >= 11 is 0. The molecule has 134 valence electrons. The number of hydrogen-bond acceptors (Lipinski definition) is 6. The Kier molecular flexibility index (Phi) is 2.22. The predicted octanol–water partition coefficient (Wildman–Crippen LogP) is 1.10. The van der Waals surface area contributed by atoms with Crippen molar-refractivity contribution >= 4 is 21.1 Å². The molecule has 1 aliphatic heterocycles. The molecule has 1 aliphatic rings. The Hall–Kier alpha value is -2.77. The molecule has 0 spiro atoms. The van der Waals surface area contributed by atoms with Crippen LogP contribution in [0.1, 0.15) is 24.3 Å². The van der Waals surface area contributed by atoms with E-state index >= 15 is 0 Å². The van der Waals surface area contributed by atoms with Crippen LogP contribution in [0, 0.1) is 11.3 Å². The van der Waals surface area contributed by atoms with Gasteiger partial charge in [-0.05, 0) is 13.0 Å². The van der Waals surface area contributed by atoms with Crippen LogP contribution in [-0.4, -0.2) is 56.2 Å². The highest BCUT2D eigenvalue weighted by Gasteiger charge is 2.49. The average molecular weight is 379 g/mol. The highest BCUT2D eigenvalue weighted by atomic mass is 32.2. The molecule has 4 rings (SSSR count). The van der Waals surface area contributed by atoms with Crippen LogP contribution in [0.25, 0.3) is 22.3 Å². The van der Waals surface area contributed by atoms with Crippen LogP contribution < -0.4 is 0 Å². The van der Waals surface area contributed by atoms with Crippen molar-refractivity contribution in [3.05, 3.63) is 31.0 Å². The maximum absolute atomic E-state index is 12.8. The molecule has 0 bridgehead atoms. The quantitative estimate of drug-likeness (QED) is 0.708. The molecule has 1 saturated heterocycles. The van der Waals surface area contributed by atoms with E-state index in [0.29, 0.717) is 28.3 Å². The minimum Gasteiger partial charge on any atom is -0.346 e. The fourth-order valence-electron chi connectivity index (χ4n) is 2.53. The number of aromatic nitrogens is 5. The van der Waals surface area contributed by atoms with Gasteiger partial charge in [0, 0.05) is 47.3 Å². The molecule has 0 unspecified atom stereocenters. The monoisotopic (exact) mass is 379 g/mol. The van der Waals surface area contributed by atoms with Crippen LogP contribution in [0.3, 0.4) is 0 Å². The van der Waals surface area contributed by atoms with E-state index in [9.17, 15) is 13.7 Å². The van der Waals surface area contributed by atoms with Crippen molar-refractivity contribution in [2.75, 3.05) is 18.7 Å². The van der Waals surface area contributed by atoms with E-state index in [1.807, 2.05) is 0 Å². The van der Waals surface area contributed by atoms with Gasteiger partial charge in [0.1, 0.15) is 17.5 Å². The summed E-state index contributed by atoms with van der Waals surface area (Å²) in [7, 11) is -5.29. The van der Waals surface area contributed by atoms with E-state index in [0.717, 1.165) is 12.4 Å². The van der Waals surface area contributed by atoms with Gasteiger partial charge < -0.3 is 4.98 Å². The zero-order valence-electron chi connectivity index (χ0n) is 21.3. The lowest BCUT2D eigenvalue weighted by atomic mass is 9.89. The van der Waals surface area contributed by atoms with Crippen molar-refractivity contribution in [2.24, 2.45) is 0 Å². The number of sulfonamides is 1. The molecule has 10 heteroatoms. The number of H-pyrrole nitrogens is 1. The van der Waals surface area contributed by atoms with Crippen molar-refractivity contribution in [3.8, 4) is 17.3 Å². The molecule has 26 heavy (non-hydrogen) atoms. The standard InChI is InChI=1S/C16H17N7O2S/c1-2-26(24,25)22-9-16(10-22,4-5-17)23-8-12(7-21-23)14-13-3-6-18-15(13)20-11-19-14/h3,6-8,11H,2,4,9-10H2,1H3,(H,18,19,20)/i2D2,4D2,9D2,10D2. The van der Waals surface area contributed by atoms with Gasteiger partial charge in [-0.2, -0.15) is 14.7 Å². The van der Waals surface area contributed by atoms with E-state index in [2.05, 4.69) is 20.1 Å². The molecule has 0 aromatic carbocycles. The number of nitriles is 1. The molecule has 1 N–H and O–H groups in total. The molecule has 1 fully saturated rings. The first-order chi connectivity index (χ1) is 15.5. The number of hydrogen-bond donors (Lipinski definition) is 1. The highest BCUT2D eigenvalue weighted by Crippen LogP contribution is 2.35. The summed E-state index contributed by atoms with van der Waals surface area (Å²) in [6, 6.07) is 2.87. The van der Waals surface area contributed by atoms with Gasteiger partial charge in [-0.3, -0.25) is 4.68 Å². The lowest BCUT2D eigenvalue weighted by molar-refractivity contribution is 0.0719. The van der Waals surface area contributed by atoms with E-state index in [4.69, 9.17) is 11.0 Å². The van der Waals surface area contributed by atoms with Gasteiger partial charge in [-0.25, -0.2) is 18.4 Å². The maximum Gasteiger partial charge on any atom is 0.213 e. The van der Waals surface area contributed by atoms with Crippen LogP contribution >= 0.6 is 0 Å². The number of nitrogens with one attached hydrogen (secondary N) is 1. The molecule has 0 saturated carbocycles. The summed E-state index contributed by atoms with van der Waals surface area (Å²) in [5, 5.41) is 14.0. The first-order valence-corrected chi connectivity index (χ1v) is 8.72. The third kappa shape index (κ3) is 2.48. The topological polar surface area (TPSA) is 121 Å². The van der Waals surface area contributed by atoms with Crippen molar-refractivity contribution < 1.29 is 19.4 Å². The summed E-state index contributed by atoms with van der Waals surface area (Å²) < 4.78 is 91.1. The average Bonchev–Trinajstić information content (AvgIpc) is 3.35. The van der Waals surface area contributed by atoms with Crippen LogP contribution in [-0.2, 0) is 15.6 Å². The predicted molar refractivity (Wildman–Crippen MR) is 94.3 cm³/mol. The van der Waals surface area contributed by atoms with Gasteiger partial charge in [0.15, 0.2) is 0 Å². The number of nitrogens with zero attached hydrogens (tertiary/aromatic N) is 6. The Balaban J connectivity index is 1.97. The number of aromatic amines is 1. The molecule has 0 aliphatic carbocycles. The second-order valence-electron chi connectivity index (χ2n) is 5.28. The lowest BCUT2D eigenvalue weighted by Gasteiger charge is -2.47. The van der Waals surface area contributed by atoms with Gasteiger partial charge >= 0.3 is 0 Å². The Morgan fingerprint density at radius 3 is 3.04 bits per heavy atom. The smallest absolute Gasteiger partial charge is 0.213 e. The SMILES string of the molecule is [2H]C([2H])(C#N)C1(n2cc(-c3ncnc4[nH]ccc34)cn2)C([2H])([2H])N(S(=O)(=O)C([2H])([2H])C)C1([2H])[2H]. The molecule has 0 atom stereocenters. The van der Waals surface area contributed by atoms with Gasteiger partial charge in [0.2, 0.25) is 10.0 Å². The second kappa shape index (κ2) is 5.89. The van der Waals surface area contributed by atoms with Crippen LogP contribution in [0.2, 0.25) is 0 Å². The van der Waals surface area contributed by atoms with E-state index in [1.54, 1.807) is 12.3 Å². The summed E-state index contributed by atoms with van der Waals surface area (Å²) in [5.74, 6) is 0. The largest absolute Gasteiger partial charge is 0.346 e. The third-order valence-corrected chi connectivity index (χ3v) is 4.99. The zero-order chi connectivity index (χ0) is 25.5. The summed E-state index contributed by atoms with van der Waals surface area (Å²) in [5.41, 5.74) is -5.31. The highest BCUT2D eigenvalue weighted by molar-refractivity contribution is 7.89. The summed E-state index contributed by atoms with van der Waals surface area (Å²) in [6.45, 7) is -6.29. The molecular formula is C16H17N7O2S. The van der Waals surface area contributed by atoms with Gasteiger partial charge in [0.25, 0.3) is 0 Å². The first-order valence-electron chi connectivity index (χ1n) is 11.3. The van der Waals surface area contributed by atoms with Crippen molar-refractivity contribution in [1.82, 2.24) is 29.0 Å². The van der Waals surface area contributed by atoms with E-state index < -0.39 is 40.6 Å². The van der Waals surface area contributed by atoms with Crippen molar-refractivity contribution in [3.63, 3.8) is 0 Å². The molecule has 3 aromatic rings. The maximum atomic E-state index is 12.8. The van der Waals surface area contributed by atoms with E-state index in [1.165, 1.54) is 12.4 Å². The number of rotatable bonds is 5. The normalized spacial score (nSPS) is 26.6. The molecule has 3 aromatic heterocycles. The second-order valence-corrected chi connectivity index (χ2v) is 7.00. The zero-order valence-corrected chi connectivity index (χ0v) is 14.1. The van der Waals surface area contributed by atoms with Crippen LogP contribution in [0.4, 0.5) is 0 Å². The van der Waals surface area contributed by atoms with Crippen LogP contribution in [0.15, 0.2) is 31.0 Å². The van der Waals surface area contributed by atoms with E-state index in [-0.39, 0.29) is 9.87 Å². The van der Waals surface area contributed by atoms with Gasteiger partial charge in [-0.15, -0.1) is 0 Å². The van der Waals surface area contributed by atoms with Crippen molar-refractivity contribution in [2.45, 2.75) is 18.8 Å². The summed E-state index contributed by atoms with van der Waals surface area (Å²) in [6.07, 6.45) is 1.68. The third-order valence-electron chi connectivity index (χ3n) is 3.82. The van der Waals surface area contributed by atoms with Crippen LogP contribution in [0.5, 0.6) is 0 Å². The molecule has 4 heterocycles. The summed E-state index contributed by atoms with van der Waals surface area (Å²) in [4.78, 5) is 11.1. The Labute approximate surface area is 161 Å². The minimum atomic E-state index is -5.29. The van der Waals surface area contributed by atoms with Gasteiger partial charge in [0.05, 0.1) is 30.0 Å². The molecule has 9 nitrogen and oxygen atoms in total. The molecular weight excluding hydrogens is 354 g/mol. The Morgan fingerprint density at radius 2 is 2.31 bits per heavy atom. The van der Waals surface area contributed by atoms with Gasteiger partial charge in [-0.1, -0.05) is 0 Å². The fraction of sp³-hybridized carbons (Fsp3) is 0.375. The van der Waals surface area contributed by atoms with Crippen molar-refractivity contribution in [1.29, 1.82) is 5.26 Å². The number of fused-ring (bicyclic) bond motifs is 1. The lowest BCUT2D eigenvalue weighted by Crippen LogP contribution is -2.64. The minimum absolute atomic E-state index is 0.193. The Morgan fingerprint density at radius 1 is 1.50 bits per heavy atom. The first kappa shape index (κ1) is 9.80. The molecule has 0 radical (unpaired) electrons. The fourth-order valence-corrected chi connectivity index (χ4v) is 3.22. The Bertz CT molecular complexity index is 1420.